The molecule has 0 radical (unpaired) electrons. The number of piperidine rings is 1. The van der Waals surface area contributed by atoms with Gasteiger partial charge in [-0.25, -0.2) is 0 Å². The molecule has 2 rings (SSSR count). The smallest absolute Gasteiger partial charge is 0.260 e. The molecule has 1 amide bonds. The van der Waals surface area contributed by atoms with E-state index in [-0.39, 0.29) is 31.0 Å². The van der Waals surface area contributed by atoms with E-state index in [1.807, 2.05) is 36.1 Å². The van der Waals surface area contributed by atoms with Gasteiger partial charge in [-0.3, -0.25) is 4.79 Å². The van der Waals surface area contributed by atoms with Gasteiger partial charge >= 0.3 is 0 Å². The lowest BCUT2D eigenvalue weighted by Crippen LogP contribution is -2.44. The number of carbonyl (C=O) groups excluding carboxylic acids is 1. The highest BCUT2D eigenvalue weighted by molar-refractivity contribution is 14.1. The summed E-state index contributed by atoms with van der Waals surface area (Å²) in [6, 6.07) is 7.92. The van der Waals surface area contributed by atoms with E-state index in [4.69, 9.17) is 10.5 Å². The molecule has 0 aromatic heterocycles. The van der Waals surface area contributed by atoms with Crippen LogP contribution in [0.15, 0.2) is 24.3 Å². The van der Waals surface area contributed by atoms with Crippen LogP contribution in [0.1, 0.15) is 19.8 Å². The van der Waals surface area contributed by atoms with E-state index in [1.165, 1.54) is 0 Å². The van der Waals surface area contributed by atoms with Crippen molar-refractivity contribution >= 4 is 40.9 Å². The first-order valence-electron chi connectivity index (χ1n) is 6.98. The molecule has 0 spiro atoms. The number of carbonyl (C=O) groups is 1. The fourth-order valence-corrected chi connectivity index (χ4v) is 2.80. The Kier molecular flexibility index (Phi) is 7.76. The Hall–Kier alpha value is -0.530. The van der Waals surface area contributed by atoms with E-state index in [9.17, 15) is 4.79 Å². The number of likely N-dealkylation sites (tertiary alicyclic amines) is 1. The number of rotatable bonds is 4. The monoisotopic (exact) mass is 424 g/mol. The Morgan fingerprint density at radius 2 is 1.95 bits per heavy atom. The third kappa shape index (κ3) is 5.64. The van der Waals surface area contributed by atoms with Gasteiger partial charge in [-0.2, -0.15) is 0 Å². The summed E-state index contributed by atoms with van der Waals surface area (Å²) in [6.07, 6.45) is 1.99. The topological polar surface area (TPSA) is 55.6 Å². The van der Waals surface area contributed by atoms with Gasteiger partial charge in [0, 0.05) is 22.7 Å². The van der Waals surface area contributed by atoms with Gasteiger partial charge in [0.05, 0.1) is 0 Å². The highest BCUT2D eigenvalue weighted by Crippen LogP contribution is 2.20. The molecular weight excluding hydrogens is 403 g/mol. The Bertz CT molecular complexity index is 445. The number of amides is 1. The molecule has 1 aromatic carbocycles. The number of benzene rings is 1. The van der Waals surface area contributed by atoms with Gasteiger partial charge < -0.3 is 15.4 Å². The molecule has 4 nitrogen and oxygen atoms in total. The average molecular weight is 425 g/mol. The molecule has 0 bridgehead atoms. The summed E-state index contributed by atoms with van der Waals surface area (Å²) in [5, 5.41) is 0. The summed E-state index contributed by atoms with van der Waals surface area (Å²) in [5.41, 5.74) is 5.91. The van der Waals surface area contributed by atoms with Crippen molar-refractivity contribution in [1.82, 2.24) is 4.90 Å². The molecule has 0 aliphatic carbocycles. The molecule has 21 heavy (non-hydrogen) atoms. The summed E-state index contributed by atoms with van der Waals surface area (Å²) in [7, 11) is 0. The third-order valence-corrected chi connectivity index (χ3v) is 4.53. The van der Waals surface area contributed by atoms with Crippen LogP contribution in [0.3, 0.4) is 0 Å². The Morgan fingerprint density at radius 1 is 1.38 bits per heavy atom. The van der Waals surface area contributed by atoms with Crippen molar-refractivity contribution < 1.29 is 9.53 Å². The van der Waals surface area contributed by atoms with Gasteiger partial charge in [0.15, 0.2) is 6.61 Å². The molecule has 1 aliphatic heterocycles. The van der Waals surface area contributed by atoms with Gasteiger partial charge in [0.1, 0.15) is 5.75 Å². The summed E-state index contributed by atoms with van der Waals surface area (Å²) in [6.45, 7) is 3.74. The minimum Gasteiger partial charge on any atom is -0.484 e. The molecule has 1 aromatic rings. The lowest BCUT2D eigenvalue weighted by atomic mass is 9.91. The van der Waals surface area contributed by atoms with Gasteiger partial charge in [0.2, 0.25) is 0 Å². The van der Waals surface area contributed by atoms with Crippen LogP contribution in [0.5, 0.6) is 5.75 Å². The van der Waals surface area contributed by atoms with Crippen LogP contribution in [-0.4, -0.2) is 36.5 Å². The molecule has 0 saturated carbocycles. The van der Waals surface area contributed by atoms with Crippen molar-refractivity contribution in [1.29, 1.82) is 0 Å². The van der Waals surface area contributed by atoms with Gasteiger partial charge in [0.25, 0.3) is 5.91 Å². The lowest BCUT2D eigenvalue weighted by molar-refractivity contribution is -0.134. The van der Waals surface area contributed by atoms with Crippen molar-refractivity contribution in [2.45, 2.75) is 25.8 Å². The molecule has 1 saturated heterocycles. The van der Waals surface area contributed by atoms with E-state index < -0.39 is 0 Å². The minimum atomic E-state index is 0. The fraction of sp³-hybridized carbons (Fsp3) is 0.533. The largest absolute Gasteiger partial charge is 0.484 e. The maximum absolute atomic E-state index is 12.1. The van der Waals surface area contributed by atoms with E-state index >= 15 is 0 Å². The van der Waals surface area contributed by atoms with Crippen molar-refractivity contribution in [2.24, 2.45) is 11.7 Å². The molecule has 1 aliphatic rings. The molecule has 1 heterocycles. The SMILES string of the molecule is CC(N)C1CCN(C(=O)COc2ccc(I)cc2)CC1.Cl. The molecule has 1 atom stereocenters. The average Bonchev–Trinajstić information content (AvgIpc) is 2.46. The molecule has 6 heteroatoms. The number of nitrogens with two attached hydrogens (primary N) is 1. The Labute approximate surface area is 145 Å². The summed E-state index contributed by atoms with van der Waals surface area (Å²) in [5.74, 6) is 1.34. The van der Waals surface area contributed by atoms with Gasteiger partial charge in [-0.1, -0.05) is 0 Å². The quantitative estimate of drug-likeness (QED) is 0.756. The zero-order chi connectivity index (χ0) is 14.5. The third-order valence-electron chi connectivity index (χ3n) is 3.81. The second kappa shape index (κ2) is 8.80. The first-order valence-corrected chi connectivity index (χ1v) is 8.06. The Morgan fingerprint density at radius 3 is 2.48 bits per heavy atom. The van der Waals surface area contributed by atoms with E-state index in [0.29, 0.717) is 5.92 Å². The normalized spacial score (nSPS) is 17.0. The number of hydrogen-bond acceptors (Lipinski definition) is 3. The summed E-state index contributed by atoms with van der Waals surface area (Å²) < 4.78 is 6.68. The fourth-order valence-electron chi connectivity index (χ4n) is 2.44. The van der Waals surface area contributed by atoms with Crippen LogP contribution in [-0.2, 0) is 4.79 Å². The van der Waals surface area contributed by atoms with Crippen LogP contribution >= 0.6 is 35.0 Å². The molecule has 1 fully saturated rings. The van der Waals surface area contributed by atoms with Crippen LogP contribution in [0.2, 0.25) is 0 Å². The minimum absolute atomic E-state index is 0. The van der Waals surface area contributed by atoms with Crippen LogP contribution < -0.4 is 10.5 Å². The van der Waals surface area contributed by atoms with Gasteiger partial charge in [-0.15, -0.1) is 12.4 Å². The number of halogens is 2. The standard InChI is InChI=1S/C15H21IN2O2.ClH/c1-11(17)12-6-8-18(9-7-12)15(19)10-20-14-4-2-13(16)3-5-14;/h2-5,11-12H,6-10,17H2,1H3;1H. The number of nitrogens with zero attached hydrogens (tertiary/aromatic N) is 1. The van der Waals surface area contributed by atoms with Crippen LogP contribution in [0, 0.1) is 9.49 Å². The molecule has 2 N–H and O–H groups in total. The number of ether oxygens (including phenoxy) is 1. The lowest BCUT2D eigenvalue weighted by Gasteiger charge is -2.33. The van der Waals surface area contributed by atoms with Crippen molar-refractivity contribution in [2.75, 3.05) is 19.7 Å². The van der Waals surface area contributed by atoms with E-state index in [2.05, 4.69) is 22.6 Å². The van der Waals surface area contributed by atoms with Gasteiger partial charge in [-0.05, 0) is 72.5 Å². The van der Waals surface area contributed by atoms with Crippen molar-refractivity contribution in [3.05, 3.63) is 27.8 Å². The van der Waals surface area contributed by atoms with Crippen molar-refractivity contribution in [3.8, 4) is 5.75 Å². The maximum Gasteiger partial charge on any atom is 0.260 e. The highest BCUT2D eigenvalue weighted by Gasteiger charge is 2.24. The summed E-state index contributed by atoms with van der Waals surface area (Å²) >= 11 is 2.24. The molecular formula is C15H22ClIN2O2. The zero-order valence-electron chi connectivity index (χ0n) is 12.1. The summed E-state index contributed by atoms with van der Waals surface area (Å²) in [4.78, 5) is 14.0. The van der Waals surface area contributed by atoms with Crippen molar-refractivity contribution in [3.63, 3.8) is 0 Å². The predicted octanol–water partition coefficient (Wildman–Crippen LogP) is 2.68. The second-order valence-electron chi connectivity index (χ2n) is 5.32. The maximum atomic E-state index is 12.1. The Balaban J connectivity index is 0.00000220. The highest BCUT2D eigenvalue weighted by atomic mass is 127. The number of hydrogen-bond donors (Lipinski definition) is 1. The van der Waals surface area contributed by atoms with E-state index in [0.717, 1.165) is 35.3 Å². The first-order chi connectivity index (χ1) is 9.56. The first kappa shape index (κ1) is 18.5. The molecule has 1 unspecified atom stereocenters. The zero-order valence-corrected chi connectivity index (χ0v) is 15.1. The van der Waals surface area contributed by atoms with Crippen LogP contribution in [0.4, 0.5) is 0 Å². The predicted molar refractivity (Wildman–Crippen MR) is 94.9 cm³/mol. The van der Waals surface area contributed by atoms with Crippen LogP contribution in [0.25, 0.3) is 0 Å². The molecule has 118 valence electrons. The second-order valence-corrected chi connectivity index (χ2v) is 6.57. The van der Waals surface area contributed by atoms with E-state index in [1.54, 1.807) is 0 Å².